The molecule has 6 heteroatoms. The SMILES string of the molecule is CCn1nc(-c2nnc(C=C(C)C(C)(C)C)o2)c2ccccc2c1=O. The maximum atomic E-state index is 12.4. The molecular weight excluding hydrogens is 316 g/mol. The van der Waals surface area contributed by atoms with Gasteiger partial charge in [-0.2, -0.15) is 5.10 Å². The Kier molecular flexibility index (Phi) is 4.29. The molecule has 1 aromatic carbocycles. The van der Waals surface area contributed by atoms with E-state index in [1.165, 1.54) is 4.68 Å². The highest BCUT2D eigenvalue weighted by molar-refractivity contribution is 5.91. The van der Waals surface area contributed by atoms with Gasteiger partial charge in [0.05, 0.1) is 5.39 Å². The lowest BCUT2D eigenvalue weighted by molar-refractivity contribution is 0.502. The Labute approximate surface area is 146 Å². The summed E-state index contributed by atoms with van der Waals surface area (Å²) in [5.41, 5.74) is 1.57. The van der Waals surface area contributed by atoms with Crippen molar-refractivity contribution in [1.82, 2.24) is 20.0 Å². The van der Waals surface area contributed by atoms with Crippen molar-refractivity contribution >= 4 is 16.8 Å². The first-order chi connectivity index (χ1) is 11.8. The highest BCUT2D eigenvalue weighted by Crippen LogP contribution is 2.28. The molecule has 0 aliphatic carbocycles. The van der Waals surface area contributed by atoms with E-state index in [0.29, 0.717) is 34.8 Å². The fourth-order valence-electron chi connectivity index (χ4n) is 2.40. The minimum Gasteiger partial charge on any atom is -0.415 e. The molecule has 6 nitrogen and oxygen atoms in total. The van der Waals surface area contributed by atoms with Crippen LogP contribution in [0.1, 0.15) is 40.5 Å². The van der Waals surface area contributed by atoms with Crippen LogP contribution in [0.5, 0.6) is 0 Å². The summed E-state index contributed by atoms with van der Waals surface area (Å²) in [4.78, 5) is 12.4. The zero-order valence-electron chi connectivity index (χ0n) is 15.2. The van der Waals surface area contributed by atoms with E-state index >= 15 is 0 Å². The van der Waals surface area contributed by atoms with Gasteiger partial charge in [-0.05, 0) is 25.3 Å². The van der Waals surface area contributed by atoms with Crippen LogP contribution in [0.3, 0.4) is 0 Å². The van der Waals surface area contributed by atoms with E-state index in [0.717, 1.165) is 5.57 Å². The fraction of sp³-hybridized carbons (Fsp3) is 0.368. The number of hydrogen-bond donors (Lipinski definition) is 0. The minimum atomic E-state index is -0.120. The topological polar surface area (TPSA) is 73.8 Å². The van der Waals surface area contributed by atoms with Gasteiger partial charge in [-0.3, -0.25) is 4.79 Å². The number of fused-ring (bicyclic) bond motifs is 1. The average molecular weight is 338 g/mol. The molecule has 0 atom stereocenters. The summed E-state index contributed by atoms with van der Waals surface area (Å²) < 4.78 is 7.22. The predicted molar refractivity (Wildman–Crippen MR) is 98.1 cm³/mol. The van der Waals surface area contributed by atoms with Crippen LogP contribution in [0.4, 0.5) is 0 Å². The largest absolute Gasteiger partial charge is 0.415 e. The first-order valence-corrected chi connectivity index (χ1v) is 8.33. The summed E-state index contributed by atoms with van der Waals surface area (Å²) in [6, 6.07) is 7.33. The smallest absolute Gasteiger partial charge is 0.274 e. The van der Waals surface area contributed by atoms with Crippen molar-refractivity contribution in [3.63, 3.8) is 0 Å². The molecule has 3 rings (SSSR count). The molecule has 25 heavy (non-hydrogen) atoms. The third-order valence-electron chi connectivity index (χ3n) is 4.33. The van der Waals surface area contributed by atoms with Crippen LogP contribution < -0.4 is 5.56 Å². The molecule has 0 aliphatic rings. The summed E-state index contributed by atoms with van der Waals surface area (Å²) in [7, 11) is 0. The van der Waals surface area contributed by atoms with Crippen LogP contribution in [0.25, 0.3) is 28.4 Å². The number of hydrogen-bond acceptors (Lipinski definition) is 5. The normalized spacial score (nSPS) is 12.8. The maximum Gasteiger partial charge on any atom is 0.274 e. The van der Waals surface area contributed by atoms with Gasteiger partial charge in [-0.25, -0.2) is 4.68 Å². The Morgan fingerprint density at radius 3 is 2.52 bits per heavy atom. The molecule has 0 aliphatic heterocycles. The highest BCUT2D eigenvalue weighted by atomic mass is 16.4. The molecule has 3 aromatic rings. The standard InChI is InChI=1S/C19H22N4O2/c1-6-23-18(24)14-10-8-7-9-13(14)16(22-23)17-21-20-15(25-17)11-12(2)19(3,4)5/h7-11H,6H2,1-5H3. The van der Waals surface area contributed by atoms with Gasteiger partial charge in [0, 0.05) is 18.0 Å². The van der Waals surface area contributed by atoms with Gasteiger partial charge in [-0.15, -0.1) is 10.2 Å². The lowest BCUT2D eigenvalue weighted by atomic mass is 9.87. The average Bonchev–Trinajstić information content (AvgIpc) is 3.03. The molecule has 0 radical (unpaired) electrons. The second-order valence-corrected chi connectivity index (χ2v) is 7.04. The van der Waals surface area contributed by atoms with E-state index in [4.69, 9.17) is 4.42 Å². The zero-order valence-corrected chi connectivity index (χ0v) is 15.2. The second-order valence-electron chi connectivity index (χ2n) is 7.04. The molecule has 0 bridgehead atoms. The van der Waals surface area contributed by atoms with E-state index in [-0.39, 0.29) is 11.0 Å². The Balaban J connectivity index is 2.15. The molecular formula is C19H22N4O2. The lowest BCUT2D eigenvalue weighted by Crippen LogP contribution is -2.22. The number of rotatable bonds is 3. The van der Waals surface area contributed by atoms with Crippen LogP contribution in [0.2, 0.25) is 0 Å². The van der Waals surface area contributed by atoms with E-state index in [2.05, 4.69) is 36.1 Å². The fourth-order valence-corrected chi connectivity index (χ4v) is 2.40. The van der Waals surface area contributed by atoms with Crippen molar-refractivity contribution in [2.24, 2.45) is 5.41 Å². The van der Waals surface area contributed by atoms with Gasteiger partial charge in [0.15, 0.2) is 5.69 Å². The number of aromatic nitrogens is 4. The predicted octanol–water partition coefficient (Wildman–Crippen LogP) is 3.92. The Hall–Kier alpha value is -2.76. The molecule has 0 fully saturated rings. The van der Waals surface area contributed by atoms with Gasteiger partial charge >= 0.3 is 0 Å². The van der Waals surface area contributed by atoms with Crippen molar-refractivity contribution < 1.29 is 4.42 Å². The first kappa shape index (κ1) is 17.1. The summed E-state index contributed by atoms with van der Waals surface area (Å²) in [6.07, 6.45) is 1.88. The third-order valence-corrected chi connectivity index (χ3v) is 4.33. The van der Waals surface area contributed by atoms with E-state index < -0.39 is 0 Å². The Bertz CT molecular complexity index is 1010. The minimum absolute atomic E-state index is 0.0228. The maximum absolute atomic E-state index is 12.4. The summed E-state index contributed by atoms with van der Waals surface area (Å²) in [6.45, 7) is 10.8. The van der Waals surface area contributed by atoms with Crippen molar-refractivity contribution in [3.05, 3.63) is 46.1 Å². The van der Waals surface area contributed by atoms with E-state index in [1.807, 2.05) is 38.1 Å². The number of nitrogens with zero attached hydrogens (tertiary/aromatic N) is 4. The summed E-state index contributed by atoms with van der Waals surface area (Å²) >= 11 is 0. The van der Waals surface area contributed by atoms with Gasteiger partial charge in [0.2, 0.25) is 5.89 Å². The molecule has 0 saturated carbocycles. The summed E-state index contributed by atoms with van der Waals surface area (Å²) in [5.74, 6) is 0.744. The molecule has 0 unspecified atom stereocenters. The van der Waals surface area contributed by atoms with Crippen LogP contribution >= 0.6 is 0 Å². The van der Waals surface area contributed by atoms with Crippen LogP contribution in [-0.2, 0) is 6.54 Å². The van der Waals surface area contributed by atoms with Gasteiger partial charge < -0.3 is 4.42 Å². The number of aryl methyl sites for hydroxylation is 1. The highest BCUT2D eigenvalue weighted by Gasteiger charge is 2.18. The van der Waals surface area contributed by atoms with Crippen LogP contribution in [0, 0.1) is 5.41 Å². The number of benzene rings is 1. The molecule has 0 N–H and O–H groups in total. The van der Waals surface area contributed by atoms with Gasteiger partial charge in [0.1, 0.15) is 0 Å². The van der Waals surface area contributed by atoms with Crippen LogP contribution in [-0.4, -0.2) is 20.0 Å². The molecule has 0 spiro atoms. The first-order valence-electron chi connectivity index (χ1n) is 8.33. The number of allylic oxidation sites excluding steroid dienone is 1. The molecule has 130 valence electrons. The van der Waals surface area contributed by atoms with Crippen LogP contribution in [0.15, 0.2) is 39.1 Å². The zero-order chi connectivity index (χ0) is 18.2. The monoisotopic (exact) mass is 338 g/mol. The summed E-state index contributed by atoms with van der Waals surface area (Å²) in [5, 5.41) is 14.0. The molecule has 0 amide bonds. The van der Waals surface area contributed by atoms with Crippen molar-refractivity contribution in [1.29, 1.82) is 0 Å². The molecule has 2 heterocycles. The lowest BCUT2D eigenvalue weighted by Gasteiger charge is -2.18. The molecule has 0 saturated heterocycles. The Morgan fingerprint density at radius 1 is 1.20 bits per heavy atom. The quantitative estimate of drug-likeness (QED) is 0.724. The van der Waals surface area contributed by atoms with E-state index in [1.54, 1.807) is 6.07 Å². The van der Waals surface area contributed by atoms with Crippen molar-refractivity contribution in [2.45, 2.75) is 41.2 Å². The van der Waals surface area contributed by atoms with Gasteiger partial charge in [0.25, 0.3) is 11.4 Å². The van der Waals surface area contributed by atoms with Gasteiger partial charge in [-0.1, -0.05) is 44.5 Å². The second kappa shape index (κ2) is 6.27. The third kappa shape index (κ3) is 3.24. The Morgan fingerprint density at radius 2 is 1.88 bits per heavy atom. The van der Waals surface area contributed by atoms with Crippen molar-refractivity contribution in [2.75, 3.05) is 0 Å². The molecule has 2 aromatic heterocycles. The van der Waals surface area contributed by atoms with Crippen molar-refractivity contribution in [3.8, 4) is 11.6 Å². The van der Waals surface area contributed by atoms with E-state index in [9.17, 15) is 4.79 Å².